The first kappa shape index (κ1) is 16.6. The number of nitro groups is 1. The fraction of sp³-hybridized carbons (Fsp3) is 0.231. The number of hydrogen-bond acceptors (Lipinski definition) is 7. The maximum atomic E-state index is 11.4. The van der Waals surface area contributed by atoms with Gasteiger partial charge >= 0.3 is 11.7 Å². The van der Waals surface area contributed by atoms with Crippen molar-refractivity contribution in [3.8, 4) is 0 Å². The molecule has 0 saturated carbocycles. The topological polar surface area (TPSA) is 94.4 Å². The monoisotopic (exact) mass is 433 g/mol. The van der Waals surface area contributed by atoms with Gasteiger partial charge in [0, 0.05) is 23.7 Å². The smallest absolute Gasteiger partial charge is 0.339 e. The standard InChI is InChI=1S/C13H12IN3O4S/c1-21-13(18)8-6-10(17(19)20)12(16-7-8)15-5-4-9-2-3-11(14)22-9/h2-3,6-7H,4-5H2,1H3,(H,15,16). The summed E-state index contributed by atoms with van der Waals surface area (Å²) >= 11 is 3.92. The minimum absolute atomic E-state index is 0.0487. The third-order valence-corrected chi connectivity index (χ3v) is 4.73. The molecule has 9 heteroatoms. The number of esters is 1. The molecule has 0 aliphatic rings. The predicted molar refractivity (Wildman–Crippen MR) is 91.5 cm³/mol. The molecular weight excluding hydrogens is 421 g/mol. The first-order chi connectivity index (χ1) is 10.5. The number of thiophene rings is 1. The van der Waals surface area contributed by atoms with Crippen LogP contribution in [0.25, 0.3) is 0 Å². The summed E-state index contributed by atoms with van der Waals surface area (Å²) in [6.45, 7) is 0.516. The molecule has 0 aliphatic carbocycles. The molecule has 0 saturated heterocycles. The van der Waals surface area contributed by atoms with Gasteiger partial charge in [-0.2, -0.15) is 0 Å². The number of hydrogen-bond donors (Lipinski definition) is 1. The van der Waals surface area contributed by atoms with E-state index in [2.05, 4.69) is 37.6 Å². The minimum atomic E-state index is -0.657. The molecule has 2 heterocycles. The van der Waals surface area contributed by atoms with Crippen molar-refractivity contribution in [1.29, 1.82) is 0 Å². The second-order valence-electron chi connectivity index (χ2n) is 4.22. The fourth-order valence-electron chi connectivity index (χ4n) is 1.75. The average molecular weight is 433 g/mol. The van der Waals surface area contributed by atoms with Crippen molar-refractivity contribution in [1.82, 2.24) is 4.98 Å². The van der Waals surface area contributed by atoms with Crippen LogP contribution >= 0.6 is 33.9 Å². The number of methoxy groups -OCH3 is 1. The maximum absolute atomic E-state index is 11.4. The zero-order valence-electron chi connectivity index (χ0n) is 11.5. The van der Waals surface area contributed by atoms with Crippen LogP contribution in [0.1, 0.15) is 15.2 Å². The second kappa shape index (κ2) is 7.49. The van der Waals surface area contributed by atoms with Gasteiger partial charge in [0.05, 0.1) is 20.5 Å². The Kier molecular flexibility index (Phi) is 5.66. The molecule has 116 valence electrons. The Labute approximate surface area is 144 Å². The first-order valence-electron chi connectivity index (χ1n) is 6.22. The van der Waals surface area contributed by atoms with Gasteiger partial charge in [-0.05, 0) is 41.1 Å². The van der Waals surface area contributed by atoms with E-state index in [1.54, 1.807) is 11.3 Å². The molecule has 0 aromatic carbocycles. The summed E-state index contributed by atoms with van der Waals surface area (Å²) in [5.41, 5.74) is -0.198. The zero-order chi connectivity index (χ0) is 16.1. The van der Waals surface area contributed by atoms with Crippen molar-refractivity contribution in [3.05, 3.63) is 47.8 Å². The Bertz CT molecular complexity index is 704. The lowest BCUT2D eigenvalue weighted by molar-refractivity contribution is -0.384. The Morgan fingerprint density at radius 3 is 2.91 bits per heavy atom. The van der Waals surface area contributed by atoms with E-state index in [1.807, 2.05) is 12.1 Å². The molecule has 2 rings (SSSR count). The number of nitrogens with zero attached hydrogens (tertiary/aromatic N) is 2. The van der Waals surface area contributed by atoms with Crippen LogP contribution in [0.4, 0.5) is 11.5 Å². The van der Waals surface area contributed by atoms with Crippen LogP contribution in [0.5, 0.6) is 0 Å². The highest BCUT2D eigenvalue weighted by molar-refractivity contribution is 14.1. The van der Waals surface area contributed by atoms with Crippen molar-refractivity contribution in [2.75, 3.05) is 19.0 Å². The van der Waals surface area contributed by atoms with E-state index < -0.39 is 10.9 Å². The number of anilines is 1. The minimum Gasteiger partial charge on any atom is -0.465 e. The summed E-state index contributed by atoms with van der Waals surface area (Å²) in [5, 5.41) is 14.0. The SMILES string of the molecule is COC(=O)c1cnc(NCCc2ccc(I)s2)c([N+](=O)[O-])c1. The summed E-state index contributed by atoms with van der Waals surface area (Å²) in [6, 6.07) is 5.21. The Morgan fingerprint density at radius 1 is 1.55 bits per heavy atom. The molecule has 0 amide bonds. The van der Waals surface area contributed by atoms with Gasteiger partial charge in [-0.15, -0.1) is 11.3 Å². The summed E-state index contributed by atoms with van der Waals surface area (Å²) < 4.78 is 5.72. The third-order valence-electron chi connectivity index (χ3n) is 2.78. The summed E-state index contributed by atoms with van der Waals surface area (Å²) in [5.74, 6) is -0.515. The molecule has 0 radical (unpaired) electrons. The Hall–Kier alpha value is -1.75. The molecule has 2 aromatic rings. The van der Waals surface area contributed by atoms with E-state index in [1.165, 1.54) is 21.1 Å². The van der Waals surface area contributed by atoms with Gasteiger partial charge in [-0.25, -0.2) is 9.78 Å². The highest BCUT2D eigenvalue weighted by Gasteiger charge is 2.19. The molecule has 0 bridgehead atoms. The van der Waals surface area contributed by atoms with Gasteiger partial charge in [-0.1, -0.05) is 0 Å². The fourth-order valence-corrected chi connectivity index (χ4v) is 3.50. The van der Waals surface area contributed by atoms with E-state index in [9.17, 15) is 14.9 Å². The van der Waals surface area contributed by atoms with E-state index in [4.69, 9.17) is 0 Å². The zero-order valence-corrected chi connectivity index (χ0v) is 14.5. The lowest BCUT2D eigenvalue weighted by Crippen LogP contribution is -2.10. The predicted octanol–water partition coefficient (Wildman–Crippen LogP) is 3.10. The van der Waals surface area contributed by atoms with E-state index in [-0.39, 0.29) is 17.1 Å². The number of halogens is 1. The highest BCUT2D eigenvalue weighted by atomic mass is 127. The van der Waals surface area contributed by atoms with Gasteiger partial charge in [0.2, 0.25) is 5.82 Å². The number of aromatic nitrogens is 1. The van der Waals surface area contributed by atoms with Crippen molar-refractivity contribution >= 4 is 51.4 Å². The molecule has 0 spiro atoms. The van der Waals surface area contributed by atoms with Crippen LogP contribution in [0.15, 0.2) is 24.4 Å². The lowest BCUT2D eigenvalue weighted by atomic mass is 10.2. The van der Waals surface area contributed by atoms with Gasteiger partial charge in [-0.3, -0.25) is 10.1 Å². The van der Waals surface area contributed by atoms with Gasteiger partial charge in [0.15, 0.2) is 0 Å². The number of pyridine rings is 1. The van der Waals surface area contributed by atoms with Gasteiger partial charge in [0.1, 0.15) is 0 Å². The lowest BCUT2D eigenvalue weighted by Gasteiger charge is -2.06. The molecule has 0 fully saturated rings. The van der Waals surface area contributed by atoms with Crippen LogP contribution in [0.3, 0.4) is 0 Å². The molecular formula is C13H12IN3O4S. The third kappa shape index (κ3) is 4.13. The van der Waals surface area contributed by atoms with Crippen molar-refractivity contribution in [2.45, 2.75) is 6.42 Å². The van der Waals surface area contributed by atoms with Gasteiger partial charge in [0.25, 0.3) is 0 Å². The van der Waals surface area contributed by atoms with Crippen LogP contribution in [-0.2, 0) is 11.2 Å². The van der Waals surface area contributed by atoms with Crippen molar-refractivity contribution < 1.29 is 14.5 Å². The molecule has 2 aromatic heterocycles. The molecule has 22 heavy (non-hydrogen) atoms. The Morgan fingerprint density at radius 2 is 2.32 bits per heavy atom. The van der Waals surface area contributed by atoms with Crippen molar-refractivity contribution in [3.63, 3.8) is 0 Å². The second-order valence-corrected chi connectivity index (χ2v) is 7.29. The van der Waals surface area contributed by atoms with Crippen molar-refractivity contribution in [2.24, 2.45) is 0 Å². The number of nitrogens with one attached hydrogen (secondary N) is 1. The number of rotatable bonds is 6. The summed E-state index contributed by atoms with van der Waals surface area (Å²) in [6.07, 6.45) is 2.00. The molecule has 0 unspecified atom stereocenters. The quantitative estimate of drug-likeness (QED) is 0.326. The highest BCUT2D eigenvalue weighted by Crippen LogP contribution is 2.24. The number of carbonyl (C=O) groups excluding carboxylic acids is 1. The Balaban J connectivity index is 2.09. The van der Waals surface area contributed by atoms with Crippen LogP contribution < -0.4 is 5.32 Å². The first-order valence-corrected chi connectivity index (χ1v) is 8.11. The number of carbonyl (C=O) groups is 1. The van der Waals surface area contributed by atoms with Crippen LogP contribution in [0, 0.1) is 13.0 Å². The van der Waals surface area contributed by atoms with E-state index >= 15 is 0 Å². The average Bonchev–Trinajstić information content (AvgIpc) is 2.92. The largest absolute Gasteiger partial charge is 0.465 e. The van der Waals surface area contributed by atoms with Crippen LogP contribution in [-0.4, -0.2) is 29.5 Å². The van der Waals surface area contributed by atoms with Crippen LogP contribution in [0.2, 0.25) is 0 Å². The normalized spacial score (nSPS) is 10.3. The number of ether oxygens (including phenoxy) is 1. The molecule has 7 nitrogen and oxygen atoms in total. The molecule has 0 aliphatic heterocycles. The van der Waals surface area contributed by atoms with E-state index in [0.717, 1.165) is 12.5 Å². The van der Waals surface area contributed by atoms with E-state index in [0.29, 0.717) is 6.54 Å². The molecule has 0 atom stereocenters. The summed E-state index contributed by atoms with van der Waals surface area (Å²) in [4.78, 5) is 27.1. The van der Waals surface area contributed by atoms with Gasteiger partial charge < -0.3 is 10.1 Å². The molecule has 1 N–H and O–H groups in total. The maximum Gasteiger partial charge on any atom is 0.339 e. The summed E-state index contributed by atoms with van der Waals surface area (Å²) in [7, 11) is 1.21.